The summed E-state index contributed by atoms with van der Waals surface area (Å²) in [5.74, 6) is 0.605. The number of carbonyl (C=O) groups is 1. The summed E-state index contributed by atoms with van der Waals surface area (Å²) in [6.45, 7) is 4.48. The predicted octanol–water partition coefficient (Wildman–Crippen LogP) is 3.83. The molecule has 3 rings (SSSR count). The van der Waals surface area contributed by atoms with Gasteiger partial charge in [-0.3, -0.25) is 4.79 Å². The lowest BCUT2D eigenvalue weighted by Crippen LogP contribution is -2.11. The summed E-state index contributed by atoms with van der Waals surface area (Å²) in [5, 5.41) is 7.24. The number of ether oxygens (including phenoxy) is 1. The number of hydrogen-bond acceptors (Lipinski definition) is 3. The van der Waals surface area contributed by atoms with E-state index >= 15 is 0 Å². The number of rotatable bonds is 5. The fourth-order valence-electron chi connectivity index (χ4n) is 2.33. The van der Waals surface area contributed by atoms with Gasteiger partial charge in [0.05, 0.1) is 18.0 Å². The molecule has 0 atom stereocenters. The molecule has 122 valence electrons. The average Bonchev–Trinajstić information content (AvgIpc) is 3.03. The van der Waals surface area contributed by atoms with E-state index < -0.39 is 0 Å². The third-order valence-corrected chi connectivity index (χ3v) is 3.54. The van der Waals surface area contributed by atoms with Gasteiger partial charge in [-0.05, 0) is 68.4 Å². The zero-order valence-corrected chi connectivity index (χ0v) is 13.7. The first-order valence-corrected chi connectivity index (χ1v) is 7.82. The number of carbonyl (C=O) groups excluding carboxylic acids is 1. The Hall–Kier alpha value is -3.08. The van der Waals surface area contributed by atoms with E-state index in [0.29, 0.717) is 12.2 Å². The quantitative estimate of drug-likeness (QED) is 0.777. The molecule has 0 aliphatic heterocycles. The van der Waals surface area contributed by atoms with Crippen molar-refractivity contribution in [2.24, 2.45) is 0 Å². The van der Waals surface area contributed by atoms with E-state index in [4.69, 9.17) is 4.74 Å². The van der Waals surface area contributed by atoms with Gasteiger partial charge in [-0.1, -0.05) is 0 Å². The van der Waals surface area contributed by atoms with Crippen LogP contribution in [0.1, 0.15) is 23.0 Å². The molecule has 2 aromatic carbocycles. The molecule has 0 aliphatic rings. The normalized spacial score (nSPS) is 10.4. The number of aromatic nitrogens is 2. The molecule has 5 nitrogen and oxygen atoms in total. The predicted molar refractivity (Wildman–Crippen MR) is 93.9 cm³/mol. The Balaban J connectivity index is 1.68. The molecule has 0 spiro atoms. The molecule has 0 saturated heterocycles. The van der Waals surface area contributed by atoms with Crippen LogP contribution in [0.5, 0.6) is 5.75 Å². The lowest BCUT2D eigenvalue weighted by molar-refractivity contribution is 0.102. The van der Waals surface area contributed by atoms with Crippen LogP contribution < -0.4 is 10.1 Å². The maximum atomic E-state index is 12.3. The summed E-state index contributed by atoms with van der Waals surface area (Å²) in [6, 6.07) is 16.6. The second-order valence-electron chi connectivity index (χ2n) is 5.36. The largest absolute Gasteiger partial charge is 0.494 e. The SMILES string of the molecule is CCOc1ccc(C(=O)Nc2ccc(-n3ccc(C)n3)cc2)cc1. The summed E-state index contributed by atoms with van der Waals surface area (Å²) in [4.78, 5) is 12.3. The molecular weight excluding hydrogens is 302 g/mol. The summed E-state index contributed by atoms with van der Waals surface area (Å²) in [7, 11) is 0. The number of nitrogens with one attached hydrogen (secondary N) is 1. The number of amides is 1. The number of hydrogen-bond donors (Lipinski definition) is 1. The van der Waals surface area contributed by atoms with Gasteiger partial charge in [0.2, 0.25) is 0 Å². The highest BCUT2D eigenvalue weighted by molar-refractivity contribution is 6.04. The maximum Gasteiger partial charge on any atom is 0.255 e. The van der Waals surface area contributed by atoms with Gasteiger partial charge in [0.25, 0.3) is 5.91 Å². The molecular formula is C19H19N3O2. The van der Waals surface area contributed by atoms with E-state index in [2.05, 4.69) is 10.4 Å². The van der Waals surface area contributed by atoms with Crippen LogP contribution in [0.25, 0.3) is 5.69 Å². The van der Waals surface area contributed by atoms with Gasteiger partial charge in [-0.15, -0.1) is 0 Å². The van der Waals surface area contributed by atoms with E-state index in [1.165, 1.54) is 0 Å². The lowest BCUT2D eigenvalue weighted by atomic mass is 10.2. The molecule has 3 aromatic rings. The Labute approximate surface area is 140 Å². The third kappa shape index (κ3) is 3.63. The smallest absolute Gasteiger partial charge is 0.255 e. The Kier molecular flexibility index (Phi) is 4.61. The number of benzene rings is 2. The first kappa shape index (κ1) is 15.8. The molecule has 0 bridgehead atoms. The molecule has 5 heteroatoms. The van der Waals surface area contributed by atoms with Crippen molar-refractivity contribution in [3.05, 3.63) is 72.1 Å². The first-order valence-electron chi connectivity index (χ1n) is 7.82. The molecule has 0 radical (unpaired) electrons. The second-order valence-corrected chi connectivity index (χ2v) is 5.36. The zero-order valence-electron chi connectivity index (χ0n) is 13.7. The van der Waals surface area contributed by atoms with Gasteiger partial charge in [0.15, 0.2) is 0 Å². The molecule has 0 unspecified atom stereocenters. The Morgan fingerprint density at radius 1 is 1.08 bits per heavy atom. The molecule has 0 saturated carbocycles. The molecule has 0 fully saturated rings. The first-order chi connectivity index (χ1) is 11.7. The minimum Gasteiger partial charge on any atom is -0.494 e. The van der Waals surface area contributed by atoms with Crippen molar-refractivity contribution in [2.45, 2.75) is 13.8 Å². The van der Waals surface area contributed by atoms with Crippen molar-refractivity contribution in [3.8, 4) is 11.4 Å². The topological polar surface area (TPSA) is 56.1 Å². The van der Waals surface area contributed by atoms with E-state index in [-0.39, 0.29) is 5.91 Å². The van der Waals surface area contributed by atoms with Crippen LogP contribution in [0.4, 0.5) is 5.69 Å². The lowest BCUT2D eigenvalue weighted by Gasteiger charge is -2.08. The average molecular weight is 321 g/mol. The third-order valence-electron chi connectivity index (χ3n) is 3.54. The van der Waals surface area contributed by atoms with Crippen LogP contribution in [-0.2, 0) is 0 Å². The monoisotopic (exact) mass is 321 g/mol. The molecule has 0 aliphatic carbocycles. The highest BCUT2D eigenvalue weighted by Gasteiger charge is 2.07. The standard InChI is InChI=1S/C19H19N3O2/c1-3-24-18-10-4-15(5-11-18)19(23)20-16-6-8-17(9-7-16)22-13-12-14(2)21-22/h4-13H,3H2,1-2H3,(H,20,23). The summed E-state index contributed by atoms with van der Waals surface area (Å²) in [5.41, 5.74) is 3.23. The van der Waals surface area contributed by atoms with Gasteiger partial charge in [0.1, 0.15) is 5.75 Å². The number of aryl methyl sites for hydroxylation is 1. The highest BCUT2D eigenvalue weighted by atomic mass is 16.5. The van der Waals surface area contributed by atoms with Crippen molar-refractivity contribution in [1.29, 1.82) is 0 Å². The summed E-state index contributed by atoms with van der Waals surface area (Å²) in [6.07, 6.45) is 1.91. The van der Waals surface area contributed by atoms with Crippen LogP contribution in [0.15, 0.2) is 60.8 Å². The van der Waals surface area contributed by atoms with Crippen molar-refractivity contribution in [1.82, 2.24) is 9.78 Å². The maximum absolute atomic E-state index is 12.3. The fourth-order valence-corrected chi connectivity index (χ4v) is 2.33. The molecule has 1 amide bonds. The van der Waals surface area contributed by atoms with Gasteiger partial charge < -0.3 is 10.1 Å². The van der Waals surface area contributed by atoms with Crippen molar-refractivity contribution < 1.29 is 9.53 Å². The Bertz CT molecular complexity index is 821. The van der Waals surface area contributed by atoms with Gasteiger partial charge in [-0.25, -0.2) is 4.68 Å². The summed E-state index contributed by atoms with van der Waals surface area (Å²) < 4.78 is 7.17. The van der Waals surface area contributed by atoms with Crippen LogP contribution in [0, 0.1) is 6.92 Å². The van der Waals surface area contributed by atoms with Gasteiger partial charge >= 0.3 is 0 Å². The highest BCUT2D eigenvalue weighted by Crippen LogP contribution is 2.16. The van der Waals surface area contributed by atoms with Crippen molar-refractivity contribution in [2.75, 3.05) is 11.9 Å². The van der Waals surface area contributed by atoms with E-state index in [1.807, 2.05) is 50.4 Å². The molecule has 24 heavy (non-hydrogen) atoms. The molecule has 1 N–H and O–H groups in total. The minimum absolute atomic E-state index is 0.152. The minimum atomic E-state index is -0.152. The van der Waals surface area contributed by atoms with Crippen LogP contribution >= 0.6 is 0 Å². The van der Waals surface area contributed by atoms with E-state index in [0.717, 1.165) is 22.8 Å². The second kappa shape index (κ2) is 7.00. The van der Waals surface area contributed by atoms with Crippen molar-refractivity contribution >= 4 is 11.6 Å². The summed E-state index contributed by atoms with van der Waals surface area (Å²) >= 11 is 0. The zero-order chi connectivity index (χ0) is 16.9. The number of anilines is 1. The molecule has 1 heterocycles. The van der Waals surface area contributed by atoms with Gasteiger partial charge in [-0.2, -0.15) is 5.10 Å². The van der Waals surface area contributed by atoms with Crippen molar-refractivity contribution in [3.63, 3.8) is 0 Å². The van der Waals surface area contributed by atoms with Crippen LogP contribution in [0.3, 0.4) is 0 Å². The van der Waals surface area contributed by atoms with Gasteiger partial charge in [0, 0.05) is 17.4 Å². The van der Waals surface area contributed by atoms with E-state index in [1.54, 1.807) is 28.9 Å². The fraction of sp³-hybridized carbons (Fsp3) is 0.158. The van der Waals surface area contributed by atoms with Crippen LogP contribution in [0.2, 0.25) is 0 Å². The molecule has 1 aromatic heterocycles. The van der Waals surface area contributed by atoms with Crippen LogP contribution in [-0.4, -0.2) is 22.3 Å². The van der Waals surface area contributed by atoms with E-state index in [9.17, 15) is 4.79 Å². The Morgan fingerprint density at radius 2 is 1.79 bits per heavy atom. The number of nitrogens with zero attached hydrogens (tertiary/aromatic N) is 2. The Morgan fingerprint density at radius 3 is 2.38 bits per heavy atom.